The van der Waals surface area contributed by atoms with Gasteiger partial charge < -0.3 is 14.8 Å². The Bertz CT molecular complexity index is 614. The average Bonchev–Trinajstić information content (AvgIpc) is 3.02. The van der Waals surface area contributed by atoms with Gasteiger partial charge >= 0.3 is 0 Å². The van der Waals surface area contributed by atoms with Crippen molar-refractivity contribution >= 4 is 11.6 Å². The van der Waals surface area contributed by atoms with Crippen LogP contribution >= 0.6 is 0 Å². The lowest BCUT2D eigenvalue weighted by Gasteiger charge is -2.28. The zero-order valence-electron chi connectivity index (χ0n) is 11.6. The van der Waals surface area contributed by atoms with E-state index in [-0.39, 0.29) is 12.0 Å². The predicted molar refractivity (Wildman–Crippen MR) is 75.1 cm³/mol. The zero-order valence-corrected chi connectivity index (χ0v) is 11.6. The summed E-state index contributed by atoms with van der Waals surface area (Å²) in [6.07, 6.45) is 2.28. The number of ether oxygens (including phenoxy) is 2. The van der Waals surface area contributed by atoms with Crippen molar-refractivity contribution in [2.24, 2.45) is 0 Å². The fourth-order valence-corrected chi connectivity index (χ4v) is 2.22. The highest BCUT2D eigenvalue weighted by Crippen LogP contribution is 2.20. The number of carbonyl (C=O) groups excluding carboxylic acids is 1. The van der Waals surface area contributed by atoms with Crippen molar-refractivity contribution in [3.63, 3.8) is 0 Å². The molecule has 2 atom stereocenters. The summed E-state index contributed by atoms with van der Waals surface area (Å²) in [5, 5.41) is 11.0. The molecule has 1 aliphatic rings. The van der Waals surface area contributed by atoms with Crippen LogP contribution in [-0.2, 0) is 14.3 Å². The molecule has 1 aliphatic heterocycles. The number of para-hydroxylation sites is 2. The molecule has 1 saturated heterocycles. The first-order valence-corrected chi connectivity index (χ1v) is 6.75. The Morgan fingerprint density at radius 3 is 2.71 bits per heavy atom. The highest BCUT2D eigenvalue weighted by Gasteiger charge is 2.30. The molecule has 0 radical (unpaired) electrons. The smallest absolute Gasteiger partial charge is 0.256 e. The Balaban J connectivity index is 1.80. The number of benzene rings is 1. The van der Waals surface area contributed by atoms with Crippen LogP contribution in [0.5, 0.6) is 0 Å². The van der Waals surface area contributed by atoms with E-state index in [4.69, 9.17) is 9.47 Å². The lowest BCUT2D eigenvalue weighted by molar-refractivity contribution is -0.157. The lowest BCUT2D eigenvalue weighted by Crippen LogP contribution is -2.44. The highest BCUT2D eigenvalue weighted by molar-refractivity contribution is 5.96. The molecule has 2 heterocycles. The maximum absolute atomic E-state index is 12.3. The van der Waals surface area contributed by atoms with Crippen LogP contribution in [0, 0.1) is 0 Å². The maximum atomic E-state index is 12.3. The number of nitrogens with one attached hydrogen (secondary N) is 1. The van der Waals surface area contributed by atoms with Gasteiger partial charge in [-0.15, -0.1) is 4.80 Å². The van der Waals surface area contributed by atoms with Gasteiger partial charge in [0.25, 0.3) is 5.91 Å². The number of hydrogen-bond donors (Lipinski definition) is 1. The van der Waals surface area contributed by atoms with Gasteiger partial charge in [0, 0.05) is 0 Å². The van der Waals surface area contributed by atoms with E-state index in [1.54, 1.807) is 18.5 Å². The number of hydrogen-bond acceptors (Lipinski definition) is 5. The molecule has 7 heteroatoms. The van der Waals surface area contributed by atoms with Gasteiger partial charge in [-0.1, -0.05) is 12.1 Å². The van der Waals surface area contributed by atoms with Gasteiger partial charge in [0.1, 0.15) is 5.69 Å². The molecular formula is C14H16N4O3. The van der Waals surface area contributed by atoms with Crippen molar-refractivity contribution in [3.05, 3.63) is 36.7 Å². The SMILES string of the molecule is C[C@@H]1OCCO[C@@H]1C(=O)Nc1ccccc1-n1nccn1. The summed E-state index contributed by atoms with van der Waals surface area (Å²) in [5.41, 5.74) is 1.32. The predicted octanol–water partition coefficient (Wildman–Crippen LogP) is 1.01. The largest absolute Gasteiger partial charge is 0.373 e. The molecule has 21 heavy (non-hydrogen) atoms. The van der Waals surface area contributed by atoms with Crippen molar-refractivity contribution in [2.45, 2.75) is 19.1 Å². The summed E-state index contributed by atoms with van der Waals surface area (Å²) < 4.78 is 10.9. The van der Waals surface area contributed by atoms with E-state index >= 15 is 0 Å². The van der Waals surface area contributed by atoms with E-state index < -0.39 is 6.10 Å². The zero-order chi connectivity index (χ0) is 14.7. The van der Waals surface area contributed by atoms with Gasteiger partial charge in [-0.05, 0) is 19.1 Å². The van der Waals surface area contributed by atoms with E-state index in [9.17, 15) is 4.79 Å². The molecule has 7 nitrogen and oxygen atoms in total. The topological polar surface area (TPSA) is 78.3 Å². The Labute approximate surface area is 121 Å². The normalized spacial score (nSPS) is 22.0. The van der Waals surface area contributed by atoms with Crippen LogP contribution in [0.15, 0.2) is 36.7 Å². The minimum Gasteiger partial charge on any atom is -0.373 e. The Hall–Kier alpha value is -2.25. The Kier molecular flexibility index (Phi) is 3.94. The van der Waals surface area contributed by atoms with Crippen LogP contribution < -0.4 is 5.32 Å². The van der Waals surface area contributed by atoms with Gasteiger partial charge in [0.2, 0.25) is 0 Å². The van der Waals surface area contributed by atoms with Crippen molar-refractivity contribution in [1.82, 2.24) is 15.0 Å². The molecule has 3 rings (SSSR count). The molecule has 1 aromatic heterocycles. The first-order valence-electron chi connectivity index (χ1n) is 6.75. The number of nitrogens with zero attached hydrogens (tertiary/aromatic N) is 3. The maximum Gasteiger partial charge on any atom is 0.256 e. The molecule has 0 aliphatic carbocycles. The fraction of sp³-hybridized carbons (Fsp3) is 0.357. The number of aromatic nitrogens is 3. The minimum absolute atomic E-state index is 0.234. The van der Waals surface area contributed by atoms with Crippen molar-refractivity contribution in [2.75, 3.05) is 18.5 Å². The monoisotopic (exact) mass is 288 g/mol. The molecule has 0 bridgehead atoms. The van der Waals surface area contributed by atoms with E-state index in [2.05, 4.69) is 15.5 Å². The number of amides is 1. The molecule has 0 saturated carbocycles. The summed E-state index contributed by atoms with van der Waals surface area (Å²) in [6, 6.07) is 7.32. The van der Waals surface area contributed by atoms with Crippen LogP contribution in [-0.4, -0.2) is 46.3 Å². The van der Waals surface area contributed by atoms with Crippen molar-refractivity contribution < 1.29 is 14.3 Å². The number of rotatable bonds is 3. The Morgan fingerprint density at radius 2 is 1.95 bits per heavy atom. The quantitative estimate of drug-likeness (QED) is 0.912. The standard InChI is InChI=1S/C14H16N4O3/c1-10-13(21-9-8-20-10)14(19)17-11-4-2-3-5-12(11)18-15-6-7-16-18/h2-7,10,13H,8-9H2,1H3,(H,17,19)/t10-,13-/m0/s1. The average molecular weight is 288 g/mol. The van der Waals surface area contributed by atoms with Gasteiger partial charge in [-0.25, -0.2) is 0 Å². The molecule has 0 unspecified atom stereocenters. The Morgan fingerprint density at radius 1 is 1.24 bits per heavy atom. The van der Waals surface area contributed by atoms with E-state index in [0.717, 1.165) is 0 Å². The molecule has 1 aromatic carbocycles. The van der Waals surface area contributed by atoms with E-state index in [1.807, 2.05) is 25.1 Å². The van der Waals surface area contributed by atoms with Crippen LogP contribution in [0.2, 0.25) is 0 Å². The third kappa shape index (κ3) is 2.93. The van der Waals surface area contributed by atoms with E-state index in [0.29, 0.717) is 24.6 Å². The second-order valence-corrected chi connectivity index (χ2v) is 4.69. The molecule has 1 amide bonds. The lowest BCUT2D eigenvalue weighted by atomic mass is 10.2. The number of anilines is 1. The molecule has 1 fully saturated rings. The van der Waals surface area contributed by atoms with Gasteiger partial charge in [0.05, 0.1) is 37.4 Å². The fourth-order valence-electron chi connectivity index (χ4n) is 2.22. The third-order valence-corrected chi connectivity index (χ3v) is 3.24. The first-order chi connectivity index (χ1) is 10.3. The number of carbonyl (C=O) groups is 1. The van der Waals surface area contributed by atoms with Gasteiger partial charge in [0.15, 0.2) is 6.10 Å². The van der Waals surface area contributed by atoms with Crippen molar-refractivity contribution in [3.8, 4) is 5.69 Å². The van der Waals surface area contributed by atoms with E-state index in [1.165, 1.54) is 4.80 Å². The highest BCUT2D eigenvalue weighted by atomic mass is 16.6. The molecule has 0 spiro atoms. The van der Waals surface area contributed by atoms with Crippen LogP contribution in [0.25, 0.3) is 5.69 Å². The third-order valence-electron chi connectivity index (χ3n) is 3.24. The second-order valence-electron chi connectivity index (χ2n) is 4.69. The van der Waals surface area contributed by atoms with Gasteiger partial charge in [-0.3, -0.25) is 4.79 Å². The summed E-state index contributed by atoms with van der Waals surface area (Å²) in [7, 11) is 0. The first kappa shape index (κ1) is 13.7. The minimum atomic E-state index is -0.614. The summed E-state index contributed by atoms with van der Waals surface area (Å²) >= 11 is 0. The van der Waals surface area contributed by atoms with Crippen molar-refractivity contribution in [1.29, 1.82) is 0 Å². The summed E-state index contributed by atoms with van der Waals surface area (Å²) in [5.74, 6) is -0.234. The van der Waals surface area contributed by atoms with Crippen LogP contribution in [0.4, 0.5) is 5.69 Å². The summed E-state index contributed by atoms with van der Waals surface area (Å²) in [6.45, 7) is 2.76. The van der Waals surface area contributed by atoms with Crippen LogP contribution in [0.1, 0.15) is 6.92 Å². The molecule has 2 aromatic rings. The molecular weight excluding hydrogens is 272 g/mol. The second kappa shape index (κ2) is 6.02. The molecule has 1 N–H and O–H groups in total. The molecule has 110 valence electrons. The van der Waals surface area contributed by atoms with Crippen LogP contribution in [0.3, 0.4) is 0 Å². The summed E-state index contributed by atoms with van der Waals surface area (Å²) in [4.78, 5) is 13.8. The van der Waals surface area contributed by atoms with Gasteiger partial charge in [-0.2, -0.15) is 10.2 Å².